The highest BCUT2D eigenvalue weighted by molar-refractivity contribution is 6.30. The summed E-state index contributed by atoms with van der Waals surface area (Å²) in [5, 5.41) is 4.19. The lowest BCUT2D eigenvalue weighted by Crippen LogP contribution is -2.47. The van der Waals surface area contributed by atoms with Crippen molar-refractivity contribution < 1.29 is 9.53 Å². The Kier molecular flexibility index (Phi) is 4.08. The number of carbonyl (C=O) groups is 1. The molecule has 0 atom stereocenters. The number of ether oxygens (including phenoxy) is 1. The van der Waals surface area contributed by atoms with Crippen LogP contribution in [0, 0.1) is 0 Å². The van der Waals surface area contributed by atoms with Crippen LogP contribution in [0.1, 0.15) is 30.1 Å². The van der Waals surface area contributed by atoms with E-state index in [1.165, 1.54) is 0 Å². The molecule has 1 fully saturated rings. The number of hydrogen-bond acceptors (Lipinski definition) is 3. The third-order valence-electron chi connectivity index (χ3n) is 3.76. The number of nitrogens with zero attached hydrogens (tertiary/aromatic N) is 1. The molecule has 0 bridgehead atoms. The zero-order valence-electron chi connectivity index (χ0n) is 11.8. The van der Waals surface area contributed by atoms with Gasteiger partial charge in [0.25, 0.3) is 5.91 Å². The molecule has 21 heavy (non-hydrogen) atoms. The zero-order valence-corrected chi connectivity index (χ0v) is 12.6. The van der Waals surface area contributed by atoms with Gasteiger partial charge < -0.3 is 10.1 Å². The number of halogens is 1. The third-order valence-corrected chi connectivity index (χ3v) is 3.96. The van der Waals surface area contributed by atoms with E-state index in [4.69, 9.17) is 16.3 Å². The van der Waals surface area contributed by atoms with Crippen molar-refractivity contribution in [2.45, 2.75) is 31.9 Å². The summed E-state index contributed by atoms with van der Waals surface area (Å²) in [4.78, 5) is 16.7. The van der Waals surface area contributed by atoms with Crippen molar-refractivity contribution in [3.8, 4) is 0 Å². The minimum Gasteiger partial charge on any atom is -0.378 e. The second kappa shape index (κ2) is 6.00. The average molecular weight is 305 g/mol. The summed E-state index contributed by atoms with van der Waals surface area (Å²) < 4.78 is 5.50. The molecule has 5 heteroatoms. The molecule has 1 saturated carbocycles. The van der Waals surface area contributed by atoms with Gasteiger partial charge in [-0.1, -0.05) is 29.8 Å². The number of rotatable bonds is 4. The monoisotopic (exact) mass is 304 g/mol. The first-order chi connectivity index (χ1) is 10.2. The molecule has 1 aliphatic carbocycles. The summed E-state index contributed by atoms with van der Waals surface area (Å²) in [6.07, 6.45) is 2.02. The lowest BCUT2D eigenvalue weighted by atomic mass is 9.89. The van der Waals surface area contributed by atoms with E-state index in [0.717, 1.165) is 30.4 Å². The van der Waals surface area contributed by atoms with Crippen LogP contribution in [0.4, 0.5) is 0 Å². The molecule has 0 aliphatic heterocycles. The van der Waals surface area contributed by atoms with Gasteiger partial charge in [-0.2, -0.15) is 0 Å². The van der Waals surface area contributed by atoms with Crippen molar-refractivity contribution in [2.24, 2.45) is 0 Å². The van der Waals surface area contributed by atoms with Crippen molar-refractivity contribution in [1.29, 1.82) is 0 Å². The second-order valence-electron chi connectivity index (χ2n) is 5.23. The summed E-state index contributed by atoms with van der Waals surface area (Å²) >= 11 is 6.01. The van der Waals surface area contributed by atoms with Crippen LogP contribution in [0.2, 0.25) is 5.15 Å². The van der Waals surface area contributed by atoms with E-state index in [-0.39, 0.29) is 18.1 Å². The standard InChI is InChI=1S/C16H17ClN2O2/c1-2-21-11-7-10(8-11)18-16(20)13-9-15(17)19-14-6-4-3-5-12(13)14/h3-6,9-11H,2,7-8H2,1H3,(H,18,20). The number of benzene rings is 1. The third kappa shape index (κ3) is 3.01. The number of hydrogen-bond donors (Lipinski definition) is 1. The van der Waals surface area contributed by atoms with Crippen LogP contribution < -0.4 is 5.32 Å². The quantitative estimate of drug-likeness (QED) is 0.883. The molecule has 1 aromatic heterocycles. The highest BCUT2D eigenvalue weighted by Gasteiger charge is 2.31. The molecular formula is C16H17ClN2O2. The number of carbonyl (C=O) groups excluding carboxylic acids is 1. The van der Waals surface area contributed by atoms with Gasteiger partial charge in [-0.25, -0.2) is 4.98 Å². The van der Waals surface area contributed by atoms with Gasteiger partial charge >= 0.3 is 0 Å². The first kappa shape index (κ1) is 14.3. The van der Waals surface area contributed by atoms with E-state index in [1.807, 2.05) is 31.2 Å². The van der Waals surface area contributed by atoms with E-state index >= 15 is 0 Å². The van der Waals surface area contributed by atoms with Crippen LogP contribution in [0.25, 0.3) is 10.9 Å². The highest BCUT2D eigenvalue weighted by atomic mass is 35.5. The zero-order chi connectivity index (χ0) is 14.8. The molecule has 1 aromatic carbocycles. The van der Waals surface area contributed by atoms with Crippen LogP contribution in [0.5, 0.6) is 0 Å². The first-order valence-electron chi connectivity index (χ1n) is 7.15. The van der Waals surface area contributed by atoms with E-state index in [1.54, 1.807) is 6.07 Å². The Morgan fingerprint density at radius 3 is 2.95 bits per heavy atom. The van der Waals surface area contributed by atoms with Crippen molar-refractivity contribution >= 4 is 28.4 Å². The predicted octanol–water partition coefficient (Wildman–Crippen LogP) is 3.19. The van der Waals surface area contributed by atoms with Gasteiger partial charge in [0.2, 0.25) is 0 Å². The fourth-order valence-electron chi connectivity index (χ4n) is 2.65. The molecule has 110 valence electrons. The summed E-state index contributed by atoms with van der Waals surface area (Å²) in [6, 6.07) is 9.32. The molecule has 1 heterocycles. The average Bonchev–Trinajstić information content (AvgIpc) is 2.44. The Morgan fingerprint density at radius 2 is 2.19 bits per heavy atom. The minimum absolute atomic E-state index is 0.101. The van der Waals surface area contributed by atoms with E-state index in [0.29, 0.717) is 10.7 Å². The van der Waals surface area contributed by atoms with Gasteiger partial charge in [0.05, 0.1) is 17.2 Å². The maximum Gasteiger partial charge on any atom is 0.252 e. The van der Waals surface area contributed by atoms with Crippen LogP contribution in [0.3, 0.4) is 0 Å². The minimum atomic E-state index is -0.101. The van der Waals surface area contributed by atoms with Gasteiger partial charge in [0.15, 0.2) is 0 Å². The Balaban J connectivity index is 1.76. The van der Waals surface area contributed by atoms with E-state index in [2.05, 4.69) is 10.3 Å². The normalized spacial score (nSPS) is 21.0. The van der Waals surface area contributed by atoms with Gasteiger partial charge in [0, 0.05) is 18.0 Å². The maximum atomic E-state index is 12.4. The Morgan fingerprint density at radius 1 is 1.43 bits per heavy atom. The largest absolute Gasteiger partial charge is 0.378 e. The molecule has 0 radical (unpaired) electrons. The number of aromatic nitrogens is 1. The fraction of sp³-hybridized carbons (Fsp3) is 0.375. The molecular weight excluding hydrogens is 288 g/mol. The number of amides is 1. The second-order valence-corrected chi connectivity index (χ2v) is 5.62. The summed E-state index contributed by atoms with van der Waals surface area (Å²) in [5.41, 5.74) is 1.31. The van der Waals surface area contributed by atoms with Crippen LogP contribution in [-0.2, 0) is 4.74 Å². The molecule has 1 aliphatic rings. The SMILES string of the molecule is CCOC1CC(NC(=O)c2cc(Cl)nc3ccccc23)C1. The van der Waals surface area contributed by atoms with Crippen LogP contribution in [0.15, 0.2) is 30.3 Å². The summed E-state index contributed by atoms with van der Waals surface area (Å²) in [5.74, 6) is -0.101. The predicted molar refractivity (Wildman–Crippen MR) is 82.7 cm³/mol. The Labute approximate surface area is 128 Å². The van der Waals surface area contributed by atoms with Crippen molar-refractivity contribution in [1.82, 2.24) is 10.3 Å². The number of nitrogens with one attached hydrogen (secondary N) is 1. The maximum absolute atomic E-state index is 12.4. The number of pyridine rings is 1. The van der Waals surface area contributed by atoms with Gasteiger partial charge in [0.1, 0.15) is 5.15 Å². The van der Waals surface area contributed by atoms with E-state index < -0.39 is 0 Å². The molecule has 0 spiro atoms. The lowest BCUT2D eigenvalue weighted by Gasteiger charge is -2.35. The van der Waals surface area contributed by atoms with Gasteiger partial charge in [-0.05, 0) is 31.9 Å². The topological polar surface area (TPSA) is 51.2 Å². The molecule has 3 rings (SSSR count). The van der Waals surface area contributed by atoms with Gasteiger partial charge in [-0.3, -0.25) is 4.79 Å². The first-order valence-corrected chi connectivity index (χ1v) is 7.53. The summed E-state index contributed by atoms with van der Waals surface area (Å²) in [7, 11) is 0. The van der Waals surface area contributed by atoms with E-state index in [9.17, 15) is 4.79 Å². The number of para-hydroxylation sites is 1. The molecule has 1 amide bonds. The number of fused-ring (bicyclic) bond motifs is 1. The van der Waals surface area contributed by atoms with Crippen molar-refractivity contribution in [3.05, 3.63) is 41.0 Å². The highest BCUT2D eigenvalue weighted by Crippen LogP contribution is 2.25. The van der Waals surface area contributed by atoms with Crippen LogP contribution in [-0.4, -0.2) is 29.6 Å². The Bertz CT molecular complexity index is 668. The van der Waals surface area contributed by atoms with Crippen molar-refractivity contribution in [2.75, 3.05) is 6.61 Å². The molecule has 0 saturated heterocycles. The van der Waals surface area contributed by atoms with Gasteiger partial charge in [-0.15, -0.1) is 0 Å². The van der Waals surface area contributed by atoms with Crippen LogP contribution >= 0.6 is 11.6 Å². The molecule has 0 unspecified atom stereocenters. The molecule has 4 nitrogen and oxygen atoms in total. The summed E-state index contributed by atoms with van der Waals surface area (Å²) in [6.45, 7) is 2.70. The molecule has 2 aromatic rings. The fourth-order valence-corrected chi connectivity index (χ4v) is 2.85. The lowest BCUT2D eigenvalue weighted by molar-refractivity contribution is -0.00861. The van der Waals surface area contributed by atoms with Crippen molar-refractivity contribution in [3.63, 3.8) is 0 Å². The molecule has 1 N–H and O–H groups in total. The Hall–Kier alpha value is -1.65. The smallest absolute Gasteiger partial charge is 0.252 e.